The van der Waals surface area contributed by atoms with Crippen LogP contribution in [0.1, 0.15) is 36.3 Å². The maximum Gasteiger partial charge on any atom is 0.325 e. The molecule has 1 aromatic carbocycles. The first-order valence-corrected chi connectivity index (χ1v) is 8.30. The van der Waals surface area contributed by atoms with E-state index in [2.05, 4.69) is 0 Å². The van der Waals surface area contributed by atoms with Crippen molar-refractivity contribution in [3.8, 4) is 0 Å². The van der Waals surface area contributed by atoms with Crippen LogP contribution in [0.3, 0.4) is 0 Å². The van der Waals surface area contributed by atoms with Crippen LogP contribution in [0.4, 0.5) is 0 Å². The van der Waals surface area contributed by atoms with E-state index < -0.39 is 0 Å². The first kappa shape index (κ1) is 15.9. The van der Waals surface area contributed by atoms with Crippen molar-refractivity contribution in [3.63, 3.8) is 0 Å². The van der Waals surface area contributed by atoms with Crippen molar-refractivity contribution in [2.45, 2.75) is 32.1 Å². The van der Waals surface area contributed by atoms with Crippen LogP contribution in [-0.4, -0.2) is 35.7 Å². The van der Waals surface area contributed by atoms with Crippen LogP contribution >= 0.6 is 11.8 Å². The number of thioether (sulfide) groups is 1. The number of amides is 1. The lowest BCUT2D eigenvalue weighted by Gasteiger charge is -2.24. The third-order valence-electron chi connectivity index (χ3n) is 3.48. The zero-order chi connectivity index (χ0) is 15.2. The molecule has 1 atom stereocenters. The molecule has 0 saturated carbocycles. The largest absolute Gasteiger partial charge is 0.464 e. The van der Waals surface area contributed by atoms with Gasteiger partial charge in [0.15, 0.2) is 0 Å². The molecular formula is C16H21NO3S. The van der Waals surface area contributed by atoms with Gasteiger partial charge in [-0.15, -0.1) is 11.8 Å². The molecule has 0 radical (unpaired) electrons. The Bertz CT molecular complexity index is 518. The SMILES string of the molecule is CCCCOC(=O)CN1C(=O)CSC1c1ccccc1C. The fourth-order valence-corrected chi connectivity index (χ4v) is 3.54. The lowest BCUT2D eigenvalue weighted by Crippen LogP contribution is -2.34. The van der Waals surface area contributed by atoms with Crippen molar-refractivity contribution in [2.75, 3.05) is 18.9 Å². The molecule has 1 unspecified atom stereocenters. The Morgan fingerprint density at radius 3 is 2.90 bits per heavy atom. The van der Waals surface area contributed by atoms with E-state index in [1.807, 2.05) is 38.1 Å². The molecule has 114 valence electrons. The van der Waals surface area contributed by atoms with Gasteiger partial charge >= 0.3 is 5.97 Å². The summed E-state index contributed by atoms with van der Waals surface area (Å²) >= 11 is 1.56. The van der Waals surface area contributed by atoms with Crippen molar-refractivity contribution in [3.05, 3.63) is 35.4 Å². The summed E-state index contributed by atoms with van der Waals surface area (Å²) < 4.78 is 5.17. The van der Waals surface area contributed by atoms with E-state index in [1.165, 1.54) is 0 Å². The standard InChI is InChI=1S/C16H21NO3S/c1-3-4-9-20-15(19)10-17-14(18)11-21-16(17)13-8-6-5-7-12(13)2/h5-8,16H,3-4,9-11H2,1-2H3. The van der Waals surface area contributed by atoms with Crippen molar-refractivity contribution in [1.82, 2.24) is 4.90 Å². The third kappa shape index (κ3) is 4.00. The van der Waals surface area contributed by atoms with Crippen LogP contribution in [0.2, 0.25) is 0 Å². The summed E-state index contributed by atoms with van der Waals surface area (Å²) in [5.41, 5.74) is 2.23. The predicted molar refractivity (Wildman–Crippen MR) is 84.0 cm³/mol. The molecule has 1 fully saturated rings. The second-order valence-electron chi connectivity index (χ2n) is 5.12. The van der Waals surface area contributed by atoms with Crippen LogP contribution < -0.4 is 0 Å². The van der Waals surface area contributed by atoms with E-state index in [-0.39, 0.29) is 23.8 Å². The fourth-order valence-electron chi connectivity index (χ4n) is 2.26. The zero-order valence-electron chi connectivity index (χ0n) is 12.5. The normalized spacial score (nSPS) is 18.1. The number of rotatable bonds is 6. The van der Waals surface area contributed by atoms with Gasteiger partial charge in [-0.05, 0) is 24.5 Å². The minimum Gasteiger partial charge on any atom is -0.464 e. The number of nitrogens with zero attached hydrogens (tertiary/aromatic N) is 1. The van der Waals surface area contributed by atoms with Gasteiger partial charge in [-0.2, -0.15) is 0 Å². The molecule has 4 nitrogen and oxygen atoms in total. The number of unbranched alkanes of at least 4 members (excludes halogenated alkanes) is 1. The summed E-state index contributed by atoms with van der Waals surface area (Å²) in [4.78, 5) is 25.5. The monoisotopic (exact) mass is 307 g/mol. The zero-order valence-corrected chi connectivity index (χ0v) is 13.3. The van der Waals surface area contributed by atoms with Gasteiger partial charge < -0.3 is 9.64 Å². The second-order valence-corrected chi connectivity index (χ2v) is 6.18. The highest BCUT2D eigenvalue weighted by molar-refractivity contribution is 8.00. The Morgan fingerprint density at radius 1 is 1.43 bits per heavy atom. The molecule has 5 heteroatoms. The fraction of sp³-hybridized carbons (Fsp3) is 0.500. The van der Waals surface area contributed by atoms with E-state index in [4.69, 9.17) is 4.74 Å². The highest BCUT2D eigenvalue weighted by Gasteiger charge is 2.35. The molecule has 1 aliphatic rings. The maximum atomic E-state index is 12.0. The molecule has 0 spiro atoms. The Labute approximate surface area is 129 Å². The molecule has 0 N–H and O–H groups in total. The van der Waals surface area contributed by atoms with E-state index in [1.54, 1.807) is 16.7 Å². The number of aryl methyl sites for hydroxylation is 1. The Kier molecular flexibility index (Phi) is 5.67. The average molecular weight is 307 g/mol. The number of esters is 1. The van der Waals surface area contributed by atoms with E-state index in [0.29, 0.717) is 12.4 Å². The number of hydrogen-bond acceptors (Lipinski definition) is 4. The number of benzene rings is 1. The van der Waals surface area contributed by atoms with Crippen LogP contribution in [0.25, 0.3) is 0 Å². The number of carbonyl (C=O) groups excluding carboxylic acids is 2. The summed E-state index contributed by atoms with van der Waals surface area (Å²) in [6, 6.07) is 7.98. The minimum atomic E-state index is -0.321. The topological polar surface area (TPSA) is 46.6 Å². The van der Waals surface area contributed by atoms with Crippen molar-refractivity contribution in [1.29, 1.82) is 0 Å². The second kappa shape index (κ2) is 7.50. The maximum absolute atomic E-state index is 12.0. The van der Waals surface area contributed by atoms with Gasteiger partial charge in [-0.3, -0.25) is 9.59 Å². The van der Waals surface area contributed by atoms with Crippen LogP contribution in [0.5, 0.6) is 0 Å². The number of ether oxygens (including phenoxy) is 1. The van der Waals surface area contributed by atoms with Gasteiger partial charge in [-0.25, -0.2) is 0 Å². The number of carbonyl (C=O) groups is 2. The smallest absolute Gasteiger partial charge is 0.325 e. The summed E-state index contributed by atoms with van der Waals surface area (Å²) in [5, 5.41) is -0.0857. The highest BCUT2D eigenvalue weighted by Crippen LogP contribution is 2.39. The van der Waals surface area contributed by atoms with Crippen molar-refractivity contribution >= 4 is 23.6 Å². The van der Waals surface area contributed by atoms with Crippen LogP contribution in [0.15, 0.2) is 24.3 Å². The molecule has 1 aromatic rings. The van der Waals surface area contributed by atoms with Gasteiger partial charge in [0.2, 0.25) is 5.91 Å². The lowest BCUT2D eigenvalue weighted by atomic mass is 10.1. The molecule has 0 aliphatic carbocycles. The molecular weight excluding hydrogens is 286 g/mol. The van der Waals surface area contributed by atoms with Crippen LogP contribution in [0, 0.1) is 6.92 Å². The Hall–Kier alpha value is -1.49. The summed E-state index contributed by atoms with van der Waals surface area (Å²) in [5.74, 6) is 0.0971. The molecule has 21 heavy (non-hydrogen) atoms. The minimum absolute atomic E-state index is 0.000643. The van der Waals surface area contributed by atoms with E-state index >= 15 is 0 Å². The molecule has 1 saturated heterocycles. The summed E-state index contributed by atoms with van der Waals surface area (Å²) in [7, 11) is 0. The molecule has 2 rings (SSSR count). The molecule has 0 aromatic heterocycles. The molecule has 1 heterocycles. The highest BCUT2D eigenvalue weighted by atomic mass is 32.2. The average Bonchev–Trinajstić information content (AvgIpc) is 2.81. The van der Waals surface area contributed by atoms with Gasteiger partial charge in [-0.1, -0.05) is 37.6 Å². The molecule has 1 aliphatic heterocycles. The predicted octanol–water partition coefficient (Wildman–Crippen LogP) is 2.91. The third-order valence-corrected chi connectivity index (χ3v) is 4.72. The Balaban J connectivity index is 2.04. The number of hydrogen-bond donors (Lipinski definition) is 0. The van der Waals surface area contributed by atoms with Crippen LogP contribution in [-0.2, 0) is 14.3 Å². The van der Waals surface area contributed by atoms with Crippen molar-refractivity contribution < 1.29 is 14.3 Å². The quantitative estimate of drug-likeness (QED) is 0.599. The summed E-state index contributed by atoms with van der Waals surface area (Å²) in [6.45, 7) is 4.53. The molecule has 0 bridgehead atoms. The van der Waals surface area contributed by atoms with Gasteiger partial charge in [0.1, 0.15) is 11.9 Å². The lowest BCUT2D eigenvalue weighted by molar-refractivity contribution is -0.148. The van der Waals surface area contributed by atoms with Crippen molar-refractivity contribution in [2.24, 2.45) is 0 Å². The first-order chi connectivity index (χ1) is 10.1. The van der Waals surface area contributed by atoms with Gasteiger partial charge in [0, 0.05) is 0 Å². The van der Waals surface area contributed by atoms with Gasteiger partial charge in [0.05, 0.1) is 12.4 Å². The van der Waals surface area contributed by atoms with E-state index in [0.717, 1.165) is 24.0 Å². The molecule has 1 amide bonds. The Morgan fingerprint density at radius 2 is 2.19 bits per heavy atom. The summed E-state index contributed by atoms with van der Waals surface area (Å²) in [6.07, 6.45) is 1.84. The van der Waals surface area contributed by atoms with E-state index in [9.17, 15) is 9.59 Å². The van der Waals surface area contributed by atoms with Gasteiger partial charge in [0.25, 0.3) is 0 Å². The first-order valence-electron chi connectivity index (χ1n) is 7.25.